The molecule has 2 heterocycles. The van der Waals surface area contributed by atoms with E-state index in [4.69, 9.17) is 4.74 Å². The second kappa shape index (κ2) is 9.39. The second-order valence-electron chi connectivity index (χ2n) is 7.90. The molecule has 0 atom stereocenters. The lowest BCUT2D eigenvalue weighted by Crippen LogP contribution is -2.35. The van der Waals surface area contributed by atoms with Gasteiger partial charge in [-0.3, -0.25) is 4.79 Å². The first-order valence-electron chi connectivity index (χ1n) is 9.89. The van der Waals surface area contributed by atoms with Crippen LogP contribution in [0.15, 0.2) is 48.7 Å². The predicted octanol–water partition coefficient (Wildman–Crippen LogP) is 3.01. The number of alkyl carbamates (subject to hydrolysis) is 1. The van der Waals surface area contributed by atoms with Crippen molar-refractivity contribution in [2.45, 2.75) is 45.9 Å². The molecule has 0 spiro atoms. The van der Waals surface area contributed by atoms with Crippen molar-refractivity contribution < 1.29 is 14.3 Å². The maximum Gasteiger partial charge on any atom is 0.407 e. The Morgan fingerprint density at radius 3 is 2.57 bits per heavy atom. The molecule has 2 amide bonds. The maximum absolute atomic E-state index is 12.2. The Bertz CT molecular complexity index is 1010. The number of amides is 2. The number of imidazole rings is 1. The summed E-state index contributed by atoms with van der Waals surface area (Å²) >= 11 is 0. The molecule has 0 aliphatic carbocycles. The minimum Gasteiger partial charge on any atom is -0.444 e. The first-order valence-corrected chi connectivity index (χ1v) is 9.89. The molecule has 2 aromatic heterocycles. The topological polar surface area (TPSA) is 98.1 Å². The summed E-state index contributed by atoms with van der Waals surface area (Å²) in [6, 6.07) is 13.8. The van der Waals surface area contributed by atoms with E-state index in [1.807, 2.05) is 47.0 Å². The number of carbonyl (C=O) groups is 2. The lowest BCUT2D eigenvalue weighted by atomic mass is 10.2. The molecule has 0 bridgehead atoms. The third-order valence-corrected chi connectivity index (χ3v) is 4.23. The third-order valence-electron chi connectivity index (χ3n) is 4.23. The summed E-state index contributed by atoms with van der Waals surface area (Å²) in [5.74, 6) is 0.540. The Labute approximate surface area is 175 Å². The average molecular weight is 409 g/mol. The number of ether oxygens (including phenoxy) is 1. The lowest BCUT2D eigenvalue weighted by molar-refractivity contribution is -0.121. The van der Waals surface area contributed by atoms with E-state index in [-0.39, 0.29) is 25.4 Å². The smallest absolute Gasteiger partial charge is 0.407 e. The number of nitrogens with one attached hydrogen (secondary N) is 2. The molecule has 2 N–H and O–H groups in total. The van der Waals surface area contributed by atoms with E-state index in [1.165, 1.54) is 0 Å². The molecule has 0 saturated carbocycles. The van der Waals surface area contributed by atoms with Gasteiger partial charge in [0.2, 0.25) is 5.91 Å². The van der Waals surface area contributed by atoms with Crippen LogP contribution in [0.2, 0.25) is 0 Å². The zero-order chi connectivity index (χ0) is 21.6. The van der Waals surface area contributed by atoms with Crippen LogP contribution in [-0.4, -0.2) is 38.7 Å². The fraction of sp³-hybridized carbons (Fsp3) is 0.364. The van der Waals surface area contributed by atoms with Gasteiger partial charge in [-0.25, -0.2) is 14.8 Å². The van der Waals surface area contributed by atoms with E-state index in [1.54, 1.807) is 27.0 Å². The van der Waals surface area contributed by atoms with Crippen molar-refractivity contribution >= 4 is 23.2 Å². The first kappa shape index (κ1) is 21.3. The normalized spacial score (nSPS) is 11.3. The Kier molecular flexibility index (Phi) is 6.66. The molecule has 8 heteroatoms. The van der Waals surface area contributed by atoms with Crippen LogP contribution in [0.3, 0.4) is 0 Å². The molecular formula is C22H27N5O3. The van der Waals surface area contributed by atoms with Gasteiger partial charge in [-0.15, -0.1) is 0 Å². The van der Waals surface area contributed by atoms with Crippen LogP contribution < -0.4 is 10.6 Å². The number of hydrogen-bond donors (Lipinski definition) is 2. The van der Waals surface area contributed by atoms with Gasteiger partial charge in [0.15, 0.2) is 5.65 Å². The van der Waals surface area contributed by atoms with E-state index >= 15 is 0 Å². The molecule has 0 fully saturated rings. The molecular weight excluding hydrogens is 382 g/mol. The number of hydrogen-bond acceptors (Lipinski definition) is 5. The minimum absolute atomic E-state index is 0.149. The molecule has 0 aliphatic heterocycles. The van der Waals surface area contributed by atoms with Gasteiger partial charge in [0.25, 0.3) is 0 Å². The van der Waals surface area contributed by atoms with Crippen molar-refractivity contribution in [3.63, 3.8) is 0 Å². The van der Waals surface area contributed by atoms with Crippen LogP contribution in [0, 0.1) is 0 Å². The minimum atomic E-state index is -0.571. The van der Waals surface area contributed by atoms with Gasteiger partial charge < -0.3 is 19.9 Å². The molecule has 8 nitrogen and oxygen atoms in total. The average Bonchev–Trinajstić information content (AvgIpc) is 3.03. The summed E-state index contributed by atoms with van der Waals surface area (Å²) in [7, 11) is 0. The highest BCUT2D eigenvalue weighted by Crippen LogP contribution is 2.16. The van der Waals surface area contributed by atoms with Gasteiger partial charge in [0.05, 0.1) is 13.1 Å². The second-order valence-corrected chi connectivity index (χ2v) is 7.90. The zero-order valence-electron chi connectivity index (χ0n) is 17.5. The summed E-state index contributed by atoms with van der Waals surface area (Å²) < 4.78 is 7.16. The monoisotopic (exact) mass is 409 g/mol. The molecule has 158 valence electrons. The standard InChI is InChI=1S/C22H27N5O3/c1-22(2,3)30-21(29)24-13-11-19(28)25-14-18-26-17-10-7-12-23-20(17)27(18)15-16-8-5-4-6-9-16/h4-10,12H,11,13-15H2,1-3H3,(H,24,29)(H,25,28). The van der Waals surface area contributed by atoms with Crippen LogP contribution in [0.5, 0.6) is 0 Å². The third kappa shape index (κ3) is 6.04. The Morgan fingerprint density at radius 1 is 1.07 bits per heavy atom. The van der Waals surface area contributed by atoms with Crippen LogP contribution in [0.4, 0.5) is 4.79 Å². The number of rotatable bonds is 7. The summed E-state index contributed by atoms with van der Waals surface area (Å²) in [6.07, 6.45) is 1.35. The van der Waals surface area contributed by atoms with Crippen molar-refractivity contribution in [1.82, 2.24) is 25.2 Å². The van der Waals surface area contributed by atoms with Gasteiger partial charge in [-0.1, -0.05) is 30.3 Å². The SMILES string of the molecule is CC(C)(C)OC(=O)NCCC(=O)NCc1nc2cccnc2n1Cc1ccccc1. The van der Waals surface area contributed by atoms with Gasteiger partial charge >= 0.3 is 6.09 Å². The molecule has 0 radical (unpaired) electrons. The number of benzene rings is 1. The summed E-state index contributed by atoms with van der Waals surface area (Å²) in [4.78, 5) is 32.9. The lowest BCUT2D eigenvalue weighted by Gasteiger charge is -2.19. The largest absolute Gasteiger partial charge is 0.444 e. The fourth-order valence-corrected chi connectivity index (χ4v) is 2.93. The molecule has 0 unspecified atom stereocenters. The van der Waals surface area contributed by atoms with E-state index in [0.717, 1.165) is 22.6 Å². The summed E-state index contributed by atoms with van der Waals surface area (Å²) in [5, 5.41) is 5.45. The van der Waals surface area contributed by atoms with E-state index < -0.39 is 11.7 Å². The zero-order valence-corrected chi connectivity index (χ0v) is 17.5. The highest BCUT2D eigenvalue weighted by molar-refractivity contribution is 5.77. The van der Waals surface area contributed by atoms with Crippen LogP contribution >= 0.6 is 0 Å². The van der Waals surface area contributed by atoms with Crippen molar-refractivity contribution in [2.75, 3.05) is 6.54 Å². The molecule has 0 saturated heterocycles. The van der Waals surface area contributed by atoms with Crippen molar-refractivity contribution in [2.24, 2.45) is 0 Å². The highest BCUT2D eigenvalue weighted by Gasteiger charge is 2.16. The van der Waals surface area contributed by atoms with E-state index in [0.29, 0.717) is 6.54 Å². The molecule has 3 rings (SSSR count). The van der Waals surface area contributed by atoms with Gasteiger partial charge in [-0.2, -0.15) is 0 Å². The maximum atomic E-state index is 12.2. The Balaban J connectivity index is 1.59. The molecule has 1 aromatic carbocycles. The van der Waals surface area contributed by atoms with Gasteiger partial charge in [0.1, 0.15) is 16.9 Å². The van der Waals surface area contributed by atoms with Crippen molar-refractivity contribution in [1.29, 1.82) is 0 Å². The number of aromatic nitrogens is 3. The molecule has 0 aliphatic rings. The van der Waals surface area contributed by atoms with Crippen molar-refractivity contribution in [3.8, 4) is 0 Å². The van der Waals surface area contributed by atoms with E-state index in [9.17, 15) is 9.59 Å². The van der Waals surface area contributed by atoms with Crippen LogP contribution in [0.25, 0.3) is 11.2 Å². The van der Waals surface area contributed by atoms with E-state index in [2.05, 4.69) is 20.6 Å². The Hall–Kier alpha value is -3.42. The summed E-state index contributed by atoms with van der Waals surface area (Å²) in [5.41, 5.74) is 2.11. The Morgan fingerprint density at radius 2 is 1.83 bits per heavy atom. The molecule has 30 heavy (non-hydrogen) atoms. The predicted molar refractivity (Wildman–Crippen MR) is 114 cm³/mol. The molecule has 3 aromatic rings. The highest BCUT2D eigenvalue weighted by atomic mass is 16.6. The van der Waals surface area contributed by atoms with Crippen molar-refractivity contribution in [3.05, 3.63) is 60.0 Å². The van der Waals surface area contributed by atoms with Gasteiger partial charge in [-0.05, 0) is 38.5 Å². The fourth-order valence-electron chi connectivity index (χ4n) is 2.93. The number of nitrogens with zero attached hydrogens (tertiary/aromatic N) is 3. The number of carbonyl (C=O) groups excluding carboxylic acids is 2. The van der Waals surface area contributed by atoms with Crippen LogP contribution in [-0.2, 0) is 22.6 Å². The number of fused-ring (bicyclic) bond motifs is 1. The quantitative estimate of drug-likeness (QED) is 0.625. The number of pyridine rings is 1. The first-order chi connectivity index (χ1) is 14.3. The van der Waals surface area contributed by atoms with Crippen LogP contribution in [0.1, 0.15) is 38.6 Å². The van der Waals surface area contributed by atoms with Gasteiger partial charge in [0, 0.05) is 19.2 Å². The summed E-state index contributed by atoms with van der Waals surface area (Å²) in [6.45, 7) is 6.44.